The molecule has 46 heavy (non-hydrogen) atoms. The summed E-state index contributed by atoms with van der Waals surface area (Å²) in [6, 6.07) is 14.7. The van der Waals surface area contributed by atoms with E-state index in [1.54, 1.807) is 48.5 Å². The maximum absolute atomic E-state index is 14.2. The summed E-state index contributed by atoms with van der Waals surface area (Å²) in [4.78, 5) is 42.1. The number of carbonyl (C=O) groups is 3. The van der Waals surface area contributed by atoms with E-state index in [0.717, 1.165) is 41.0 Å². The third-order valence-corrected chi connectivity index (χ3v) is 10.2. The number of hydrogen-bond acceptors (Lipinski definition) is 7. The normalized spacial score (nSPS) is 24.6. The van der Waals surface area contributed by atoms with Crippen molar-refractivity contribution >= 4 is 97.5 Å². The van der Waals surface area contributed by atoms with Crippen molar-refractivity contribution in [1.29, 1.82) is 0 Å². The van der Waals surface area contributed by atoms with Crippen LogP contribution in [-0.2, 0) is 14.4 Å². The number of fused-ring (bicyclic) bond motifs is 2. The molecule has 1 saturated carbocycles. The monoisotopic (exact) mass is 758 g/mol. The van der Waals surface area contributed by atoms with Crippen molar-refractivity contribution in [1.82, 2.24) is 10.0 Å². The van der Waals surface area contributed by atoms with E-state index in [9.17, 15) is 14.4 Å². The zero-order valence-corrected chi connectivity index (χ0v) is 28.4. The average molecular weight is 761 g/mol. The molecular weight excluding hydrogens is 738 g/mol. The highest BCUT2D eigenvalue weighted by molar-refractivity contribution is 9.10. The van der Waals surface area contributed by atoms with Gasteiger partial charge in [-0.25, -0.2) is 9.91 Å². The third-order valence-electron chi connectivity index (χ3n) is 8.55. The molecule has 4 unspecified atom stereocenters. The van der Waals surface area contributed by atoms with Gasteiger partial charge in [0.2, 0.25) is 0 Å². The van der Waals surface area contributed by atoms with Crippen LogP contribution in [0.3, 0.4) is 0 Å². The summed E-state index contributed by atoms with van der Waals surface area (Å²) in [6.45, 7) is -0.330. The van der Waals surface area contributed by atoms with E-state index < -0.39 is 35.8 Å². The van der Waals surface area contributed by atoms with Gasteiger partial charge in [0.25, 0.3) is 17.7 Å². The van der Waals surface area contributed by atoms with E-state index >= 15 is 0 Å². The number of benzene rings is 3. The lowest BCUT2D eigenvalue weighted by Crippen LogP contribution is -2.45. The largest absolute Gasteiger partial charge is 0.271 e. The summed E-state index contributed by atoms with van der Waals surface area (Å²) >= 11 is 29.0. The summed E-state index contributed by atoms with van der Waals surface area (Å²) < 4.78 is 0.713. The smallest absolute Gasteiger partial charge is 0.264 e. The quantitative estimate of drug-likeness (QED) is 0.245. The fourth-order valence-electron chi connectivity index (χ4n) is 6.50. The first kappa shape index (κ1) is 31.3. The summed E-state index contributed by atoms with van der Waals surface area (Å²) in [5.74, 6) is -1.60. The molecule has 3 aromatic carbocycles. The maximum atomic E-state index is 14.2. The van der Waals surface area contributed by atoms with Gasteiger partial charge in [-0.15, -0.1) is 0 Å². The molecule has 0 aromatic heterocycles. The molecule has 3 aromatic rings. The standard InChI is InChI=1S/C32H23BrCl4N6O3/c33-18-4-2-5-21(12-18)42-31(45)28-30(32(42)46)41(40-38-28)15-26(44)43-29(22-10-9-20(35)14-25(22)37)23-6-1-3-17(27(23)39-43)11-16-7-8-19(34)13-24(16)36/h2,4-5,7-14,23,28-30H,1,3,6,15H2. The van der Waals surface area contributed by atoms with Crippen LogP contribution in [-0.4, -0.2) is 52.1 Å². The molecule has 3 aliphatic heterocycles. The number of allylic oxidation sites excluding steroid dienone is 1. The Bertz CT molecular complexity index is 1900. The zero-order valence-electron chi connectivity index (χ0n) is 23.8. The molecule has 1 saturated heterocycles. The second-order valence-electron chi connectivity index (χ2n) is 11.4. The molecule has 0 N–H and O–H groups in total. The molecule has 3 amide bonds. The van der Waals surface area contributed by atoms with Crippen molar-refractivity contribution in [2.45, 2.75) is 37.4 Å². The molecule has 3 heterocycles. The van der Waals surface area contributed by atoms with Crippen LogP contribution in [0.2, 0.25) is 20.1 Å². The van der Waals surface area contributed by atoms with E-state index in [1.165, 1.54) is 10.0 Å². The van der Waals surface area contributed by atoms with Crippen molar-refractivity contribution in [3.8, 4) is 0 Å². The Hall–Kier alpha value is -3.28. The topological polar surface area (TPSA) is 98.0 Å². The number of anilines is 1. The number of nitrogens with zero attached hydrogens (tertiary/aromatic N) is 6. The average Bonchev–Trinajstić information content (AvgIpc) is 3.68. The zero-order chi connectivity index (χ0) is 32.3. The number of rotatable bonds is 5. The van der Waals surface area contributed by atoms with Gasteiger partial charge in [0.15, 0.2) is 12.1 Å². The van der Waals surface area contributed by atoms with Crippen molar-refractivity contribution in [2.75, 3.05) is 11.4 Å². The molecule has 234 valence electrons. The SMILES string of the molecule is O=C1C2N=NN(CC(=O)N3N=C4C(=Cc5ccc(Cl)cc5Cl)CCCC4C3c3ccc(Cl)cc3Cl)C2C(=O)N1c1cccc(Br)c1. The van der Waals surface area contributed by atoms with Crippen LogP contribution in [0.15, 0.2) is 86.1 Å². The van der Waals surface area contributed by atoms with E-state index in [2.05, 4.69) is 26.3 Å². The van der Waals surface area contributed by atoms with Gasteiger partial charge in [0.05, 0.1) is 17.4 Å². The lowest BCUT2D eigenvalue weighted by molar-refractivity contribution is -0.136. The Morgan fingerprint density at radius 2 is 1.70 bits per heavy atom. The molecule has 4 aliphatic rings. The highest BCUT2D eigenvalue weighted by Gasteiger charge is 2.55. The lowest BCUT2D eigenvalue weighted by Gasteiger charge is -2.31. The number of amides is 3. The van der Waals surface area contributed by atoms with Crippen molar-refractivity contribution in [2.24, 2.45) is 21.4 Å². The summed E-state index contributed by atoms with van der Waals surface area (Å²) in [5, 5.41) is 17.7. The minimum atomic E-state index is -1.05. The number of imide groups is 1. The second kappa shape index (κ2) is 12.4. The Morgan fingerprint density at radius 3 is 2.43 bits per heavy atom. The van der Waals surface area contributed by atoms with Crippen LogP contribution in [0.4, 0.5) is 5.69 Å². The van der Waals surface area contributed by atoms with Gasteiger partial charge in [-0.3, -0.25) is 19.4 Å². The predicted octanol–water partition coefficient (Wildman–Crippen LogP) is 8.18. The van der Waals surface area contributed by atoms with Crippen LogP contribution < -0.4 is 4.90 Å². The van der Waals surface area contributed by atoms with Gasteiger partial charge in [0.1, 0.15) is 6.54 Å². The van der Waals surface area contributed by atoms with Gasteiger partial charge in [-0.1, -0.05) is 85.8 Å². The minimum Gasteiger partial charge on any atom is -0.271 e. The minimum absolute atomic E-state index is 0.164. The number of hydrogen-bond donors (Lipinski definition) is 0. The van der Waals surface area contributed by atoms with Gasteiger partial charge < -0.3 is 0 Å². The number of carbonyl (C=O) groups excluding carboxylic acids is 3. The maximum Gasteiger partial charge on any atom is 0.264 e. The predicted molar refractivity (Wildman–Crippen MR) is 181 cm³/mol. The highest BCUT2D eigenvalue weighted by Crippen LogP contribution is 2.47. The first-order valence-corrected chi connectivity index (χ1v) is 16.7. The molecule has 4 atom stereocenters. The molecule has 9 nitrogen and oxygen atoms in total. The van der Waals surface area contributed by atoms with Crippen molar-refractivity contribution < 1.29 is 14.4 Å². The van der Waals surface area contributed by atoms with Gasteiger partial charge in [0, 0.05) is 30.5 Å². The van der Waals surface area contributed by atoms with Crippen LogP contribution in [0.1, 0.15) is 36.4 Å². The molecule has 2 fully saturated rings. The summed E-state index contributed by atoms with van der Waals surface area (Å²) in [7, 11) is 0. The number of hydrazone groups is 1. The Kier molecular flexibility index (Phi) is 8.44. The highest BCUT2D eigenvalue weighted by atomic mass is 79.9. The Morgan fingerprint density at radius 1 is 0.935 bits per heavy atom. The van der Waals surface area contributed by atoms with E-state index in [4.69, 9.17) is 51.5 Å². The van der Waals surface area contributed by atoms with E-state index in [0.29, 0.717) is 35.8 Å². The molecule has 14 heteroatoms. The van der Waals surface area contributed by atoms with E-state index in [-0.39, 0.29) is 12.5 Å². The second-order valence-corrected chi connectivity index (χ2v) is 14.0. The lowest BCUT2D eigenvalue weighted by atomic mass is 9.77. The Balaban J connectivity index is 1.21. The van der Waals surface area contributed by atoms with Crippen LogP contribution in [0.25, 0.3) is 6.08 Å². The first-order chi connectivity index (χ1) is 22.1. The molecule has 0 radical (unpaired) electrons. The van der Waals surface area contributed by atoms with E-state index in [1.807, 2.05) is 18.2 Å². The van der Waals surface area contributed by atoms with Crippen LogP contribution in [0.5, 0.6) is 0 Å². The summed E-state index contributed by atoms with van der Waals surface area (Å²) in [5.41, 5.74) is 3.61. The van der Waals surface area contributed by atoms with Gasteiger partial charge in [-0.05, 0) is 84.5 Å². The van der Waals surface area contributed by atoms with Gasteiger partial charge >= 0.3 is 0 Å². The van der Waals surface area contributed by atoms with Crippen molar-refractivity contribution in [3.63, 3.8) is 0 Å². The summed E-state index contributed by atoms with van der Waals surface area (Å²) in [6.07, 6.45) is 4.34. The third kappa shape index (κ3) is 5.54. The fraction of sp³-hybridized carbons (Fsp3) is 0.250. The van der Waals surface area contributed by atoms with Crippen LogP contribution >= 0.6 is 62.3 Å². The van der Waals surface area contributed by atoms with Crippen LogP contribution in [0, 0.1) is 5.92 Å². The van der Waals surface area contributed by atoms with Gasteiger partial charge in [-0.2, -0.15) is 10.2 Å². The Labute approximate surface area is 292 Å². The first-order valence-electron chi connectivity index (χ1n) is 14.4. The molecular formula is C32H23BrCl4N6O3. The number of halogens is 5. The molecule has 1 aliphatic carbocycles. The molecule has 0 bridgehead atoms. The molecule has 0 spiro atoms. The molecule has 7 rings (SSSR count). The fourth-order valence-corrected chi connectivity index (χ4v) is 7.87. The van der Waals surface area contributed by atoms with Crippen molar-refractivity contribution in [3.05, 3.63) is 102 Å².